The molecule has 0 atom stereocenters. The minimum Gasteiger partial charge on any atom is -0.508 e. The molecule has 0 saturated heterocycles. The van der Waals surface area contributed by atoms with Gasteiger partial charge in [-0.1, -0.05) is 36.4 Å². The van der Waals surface area contributed by atoms with Crippen LogP contribution in [-0.2, 0) is 9.59 Å². The van der Waals surface area contributed by atoms with E-state index in [-0.39, 0.29) is 0 Å². The minimum atomic E-state index is -1.26. The number of carboxylic acid groups (broad SMARTS) is 2. The second kappa shape index (κ2) is 11.5. The molecule has 0 aliphatic carbocycles. The quantitative estimate of drug-likeness (QED) is 0.634. The molecule has 0 aliphatic rings. The lowest BCUT2D eigenvalue weighted by molar-refractivity contribution is -0.134. The molecule has 0 saturated carbocycles. The third-order valence-electron chi connectivity index (χ3n) is 1.88. The number of hydrogen-bond donors (Lipinski definition) is 4. The lowest BCUT2D eigenvalue weighted by atomic mass is 10.3. The van der Waals surface area contributed by atoms with Crippen molar-refractivity contribution in [2.45, 2.75) is 0 Å². The van der Waals surface area contributed by atoms with Gasteiger partial charge in [0.15, 0.2) is 0 Å². The molecule has 0 aliphatic heterocycles. The van der Waals surface area contributed by atoms with Crippen LogP contribution in [-0.4, -0.2) is 32.4 Å². The summed E-state index contributed by atoms with van der Waals surface area (Å²) in [6.45, 7) is 0. The van der Waals surface area contributed by atoms with Crippen LogP contribution in [0.4, 0.5) is 0 Å². The van der Waals surface area contributed by atoms with E-state index in [1.54, 1.807) is 48.5 Å². The molecule has 0 aromatic heterocycles. The van der Waals surface area contributed by atoms with Crippen molar-refractivity contribution in [3.05, 3.63) is 72.8 Å². The molecule has 0 radical (unpaired) electrons. The average Bonchev–Trinajstić information content (AvgIpc) is 2.48. The maximum absolute atomic E-state index is 9.55. The summed E-state index contributed by atoms with van der Waals surface area (Å²) in [6, 6.07) is 17.4. The van der Waals surface area contributed by atoms with E-state index in [1.807, 2.05) is 12.1 Å². The van der Waals surface area contributed by atoms with Gasteiger partial charge in [-0.2, -0.15) is 0 Å². The number of aromatic hydroxyl groups is 2. The maximum atomic E-state index is 9.55. The van der Waals surface area contributed by atoms with Crippen LogP contribution in [0, 0.1) is 0 Å². The molecule has 4 N–H and O–H groups in total. The maximum Gasteiger partial charge on any atom is 0.328 e. The predicted molar refractivity (Wildman–Crippen MR) is 80.6 cm³/mol. The molecule has 6 nitrogen and oxygen atoms in total. The van der Waals surface area contributed by atoms with E-state index in [0.29, 0.717) is 23.7 Å². The van der Waals surface area contributed by atoms with E-state index < -0.39 is 11.9 Å². The molecule has 0 bridgehead atoms. The molecule has 0 unspecified atom stereocenters. The lowest BCUT2D eigenvalue weighted by Gasteiger charge is -1.82. The number of phenolic OH excluding ortho intramolecular Hbond substituents is 2. The Hall–Kier alpha value is -3.28. The fourth-order valence-electron chi connectivity index (χ4n) is 0.999. The van der Waals surface area contributed by atoms with Gasteiger partial charge in [-0.25, -0.2) is 9.59 Å². The molecule has 0 heterocycles. The standard InChI is InChI=1S/2C6H6O.C4H4O4/c2*7-6-4-2-1-3-5-6;5-3(6)1-2-4(7)8/h2*1-5,7H;1-2H,(H,5,6)(H,7,8)/b;;2-1-. The van der Waals surface area contributed by atoms with Crippen molar-refractivity contribution in [3.8, 4) is 11.5 Å². The zero-order chi connectivity index (χ0) is 16.8. The summed E-state index contributed by atoms with van der Waals surface area (Å²) in [6.07, 6.45) is 1.12. The Morgan fingerprint density at radius 3 is 1.05 bits per heavy atom. The van der Waals surface area contributed by atoms with Gasteiger partial charge in [0.05, 0.1) is 0 Å². The van der Waals surface area contributed by atoms with Crippen molar-refractivity contribution in [3.63, 3.8) is 0 Å². The third-order valence-corrected chi connectivity index (χ3v) is 1.88. The highest BCUT2D eigenvalue weighted by molar-refractivity contribution is 5.89. The van der Waals surface area contributed by atoms with E-state index >= 15 is 0 Å². The predicted octanol–water partition coefficient (Wildman–Crippen LogP) is 2.50. The first-order valence-electron chi connectivity index (χ1n) is 6.03. The van der Waals surface area contributed by atoms with Crippen LogP contribution >= 0.6 is 0 Å². The number of carbonyl (C=O) groups is 2. The van der Waals surface area contributed by atoms with E-state index in [0.717, 1.165) is 0 Å². The van der Waals surface area contributed by atoms with Crippen molar-refractivity contribution in [1.29, 1.82) is 0 Å². The SMILES string of the molecule is O=C(O)/C=C\C(=O)O.Oc1ccccc1.Oc1ccccc1. The van der Waals surface area contributed by atoms with Gasteiger partial charge in [0.2, 0.25) is 0 Å². The topological polar surface area (TPSA) is 115 Å². The first-order valence-corrected chi connectivity index (χ1v) is 6.03. The van der Waals surface area contributed by atoms with E-state index in [2.05, 4.69) is 0 Å². The number of para-hydroxylation sites is 2. The molecule has 2 aromatic rings. The second-order valence-electron chi connectivity index (χ2n) is 3.68. The summed E-state index contributed by atoms with van der Waals surface area (Å²) in [5, 5.41) is 32.9. The fourth-order valence-corrected chi connectivity index (χ4v) is 0.999. The summed E-state index contributed by atoms with van der Waals surface area (Å²) in [7, 11) is 0. The van der Waals surface area contributed by atoms with Crippen LogP contribution < -0.4 is 0 Å². The lowest BCUT2D eigenvalue weighted by Crippen LogP contribution is -1.91. The van der Waals surface area contributed by atoms with Crippen LogP contribution in [0.5, 0.6) is 11.5 Å². The van der Waals surface area contributed by atoms with Crippen LogP contribution in [0.25, 0.3) is 0 Å². The average molecular weight is 304 g/mol. The Morgan fingerprint density at radius 2 is 0.909 bits per heavy atom. The van der Waals surface area contributed by atoms with Crippen LogP contribution in [0.1, 0.15) is 0 Å². The Balaban J connectivity index is 0.000000301. The van der Waals surface area contributed by atoms with Gasteiger partial charge in [-0.05, 0) is 24.3 Å². The summed E-state index contributed by atoms with van der Waals surface area (Å²) in [5.74, 6) is -1.87. The molecular formula is C16H16O6. The van der Waals surface area contributed by atoms with Gasteiger partial charge in [0.1, 0.15) is 11.5 Å². The van der Waals surface area contributed by atoms with Crippen molar-refractivity contribution < 1.29 is 30.0 Å². The molecule has 2 aromatic carbocycles. The van der Waals surface area contributed by atoms with Gasteiger partial charge in [0, 0.05) is 12.2 Å². The second-order valence-corrected chi connectivity index (χ2v) is 3.68. The van der Waals surface area contributed by atoms with Crippen molar-refractivity contribution >= 4 is 11.9 Å². The number of carboxylic acids is 2. The smallest absolute Gasteiger partial charge is 0.328 e. The molecule has 0 fully saturated rings. The largest absolute Gasteiger partial charge is 0.508 e. The number of phenols is 2. The summed E-state index contributed by atoms with van der Waals surface area (Å²) < 4.78 is 0. The van der Waals surface area contributed by atoms with E-state index in [1.165, 1.54) is 0 Å². The highest BCUT2D eigenvalue weighted by Crippen LogP contribution is 2.03. The van der Waals surface area contributed by atoms with Gasteiger partial charge >= 0.3 is 11.9 Å². The number of rotatable bonds is 2. The Kier molecular flexibility index (Phi) is 9.82. The van der Waals surface area contributed by atoms with Crippen molar-refractivity contribution in [2.75, 3.05) is 0 Å². The van der Waals surface area contributed by atoms with Gasteiger partial charge in [-0.3, -0.25) is 0 Å². The van der Waals surface area contributed by atoms with Crippen LogP contribution in [0.3, 0.4) is 0 Å². The Labute approximate surface area is 127 Å². The third kappa shape index (κ3) is 13.2. The van der Waals surface area contributed by atoms with Gasteiger partial charge < -0.3 is 20.4 Å². The minimum absolute atomic E-state index is 0.322. The monoisotopic (exact) mass is 304 g/mol. The van der Waals surface area contributed by atoms with Crippen LogP contribution in [0.2, 0.25) is 0 Å². The van der Waals surface area contributed by atoms with Gasteiger partial charge in [-0.15, -0.1) is 0 Å². The van der Waals surface area contributed by atoms with Crippen molar-refractivity contribution in [1.82, 2.24) is 0 Å². The zero-order valence-corrected chi connectivity index (χ0v) is 11.5. The first-order chi connectivity index (χ1) is 10.4. The molecule has 116 valence electrons. The number of hydrogen-bond acceptors (Lipinski definition) is 4. The zero-order valence-electron chi connectivity index (χ0n) is 11.5. The molecule has 22 heavy (non-hydrogen) atoms. The molecule has 2 rings (SSSR count). The van der Waals surface area contributed by atoms with E-state index in [9.17, 15) is 9.59 Å². The highest BCUT2D eigenvalue weighted by Gasteiger charge is 1.88. The number of aliphatic carboxylic acids is 2. The molecule has 0 spiro atoms. The Bertz CT molecular complexity index is 525. The Morgan fingerprint density at radius 1 is 0.636 bits per heavy atom. The van der Waals surface area contributed by atoms with E-state index in [4.69, 9.17) is 20.4 Å². The molecule has 0 amide bonds. The molecular weight excluding hydrogens is 288 g/mol. The molecule has 6 heteroatoms. The normalized spacial score (nSPS) is 8.91. The summed E-state index contributed by atoms with van der Waals surface area (Å²) >= 11 is 0. The fraction of sp³-hybridized carbons (Fsp3) is 0. The highest BCUT2D eigenvalue weighted by atomic mass is 16.4. The van der Waals surface area contributed by atoms with Crippen molar-refractivity contribution in [2.24, 2.45) is 0 Å². The first kappa shape index (κ1) is 18.7. The van der Waals surface area contributed by atoms with Crippen LogP contribution in [0.15, 0.2) is 72.8 Å². The number of benzene rings is 2. The van der Waals surface area contributed by atoms with Gasteiger partial charge in [0.25, 0.3) is 0 Å². The summed E-state index contributed by atoms with van der Waals surface area (Å²) in [5.41, 5.74) is 0. The summed E-state index contributed by atoms with van der Waals surface area (Å²) in [4.78, 5) is 19.1.